The lowest BCUT2D eigenvalue weighted by Gasteiger charge is -2.17. The molecule has 0 amide bonds. The summed E-state index contributed by atoms with van der Waals surface area (Å²) in [5, 5.41) is 0. The molecule has 1 unspecified atom stereocenters. The van der Waals surface area contributed by atoms with E-state index in [9.17, 15) is 0 Å². The number of likely N-dealkylation sites (tertiary alicyclic amines) is 1. The number of nitrogens with one attached hydrogen (secondary N) is 1. The fourth-order valence-electron chi connectivity index (χ4n) is 3.74. The zero-order chi connectivity index (χ0) is 17.5. The van der Waals surface area contributed by atoms with Crippen LogP contribution in [-0.2, 0) is 12.8 Å². The van der Waals surface area contributed by atoms with Crippen LogP contribution >= 0.6 is 0 Å². The van der Waals surface area contributed by atoms with Crippen molar-refractivity contribution in [2.24, 2.45) is 0 Å². The fourth-order valence-corrected chi connectivity index (χ4v) is 3.74. The third-order valence-electron chi connectivity index (χ3n) is 5.33. The Labute approximate surface area is 163 Å². The van der Waals surface area contributed by atoms with Gasteiger partial charge in [-0.25, -0.2) is 0 Å². The van der Waals surface area contributed by atoms with Gasteiger partial charge >= 0.3 is 0 Å². The summed E-state index contributed by atoms with van der Waals surface area (Å²) in [5.41, 5.74) is 2.59. The topological polar surface area (TPSA) is 22.9 Å². The number of halogens is 1. The van der Waals surface area contributed by atoms with E-state index in [4.69, 9.17) is 9.47 Å². The molecule has 26 heavy (non-hydrogen) atoms. The van der Waals surface area contributed by atoms with Crippen LogP contribution in [-0.4, -0.2) is 33.4 Å². The van der Waals surface area contributed by atoms with Crippen molar-refractivity contribution in [3.05, 3.63) is 59.7 Å². The quantitative estimate of drug-likeness (QED) is 0.698. The van der Waals surface area contributed by atoms with Crippen LogP contribution in [0.4, 0.5) is 0 Å². The number of aryl methyl sites for hydroxylation is 2. The molecule has 0 bridgehead atoms. The standard InChI is InChI=1S/C22H29NO2.ClH/c1-23-15-6-9-20(23)14-16-25-22-11-4-3-8-19(22)13-12-18-7-5-10-21(17-18)24-2;/h3-5,7-8,10-11,17,20H,6,9,12-16H2,1-2H3;1H/t20-;/m0./s1. The molecule has 1 N–H and O–H groups in total. The van der Waals surface area contributed by atoms with Gasteiger partial charge in [-0.15, -0.1) is 0 Å². The molecule has 142 valence electrons. The average molecular weight is 376 g/mol. The third kappa shape index (κ3) is 5.65. The monoisotopic (exact) mass is 375 g/mol. The lowest BCUT2D eigenvalue weighted by atomic mass is 10.0. The first-order valence-electron chi connectivity index (χ1n) is 9.42. The molecule has 0 aliphatic carbocycles. The van der Waals surface area contributed by atoms with Gasteiger partial charge in [0, 0.05) is 19.3 Å². The fraction of sp³-hybridized carbons (Fsp3) is 0.455. The van der Waals surface area contributed by atoms with Gasteiger partial charge in [0.2, 0.25) is 0 Å². The molecule has 2 aromatic carbocycles. The first-order valence-corrected chi connectivity index (χ1v) is 9.42. The molecule has 1 aliphatic heterocycles. The summed E-state index contributed by atoms with van der Waals surface area (Å²) in [6.45, 7) is 2.12. The SMILES string of the molecule is COc1cccc(CCc2ccccc2OCC[C@@H]2CCC[NH+]2C)c1.[Cl-]. The van der Waals surface area contributed by atoms with Gasteiger partial charge in [-0.3, -0.25) is 0 Å². The van der Waals surface area contributed by atoms with Crippen LogP contribution in [0.25, 0.3) is 0 Å². The molecule has 0 aromatic heterocycles. The Balaban J connectivity index is 0.00000243. The predicted molar refractivity (Wildman–Crippen MR) is 102 cm³/mol. The van der Waals surface area contributed by atoms with Crippen molar-refractivity contribution in [2.75, 3.05) is 27.3 Å². The van der Waals surface area contributed by atoms with Crippen LogP contribution in [0.15, 0.2) is 48.5 Å². The number of methoxy groups -OCH3 is 1. The Morgan fingerprint density at radius 2 is 1.92 bits per heavy atom. The zero-order valence-corrected chi connectivity index (χ0v) is 16.6. The van der Waals surface area contributed by atoms with E-state index in [-0.39, 0.29) is 12.4 Å². The molecule has 0 saturated carbocycles. The van der Waals surface area contributed by atoms with Crippen molar-refractivity contribution >= 4 is 0 Å². The summed E-state index contributed by atoms with van der Waals surface area (Å²) in [6, 6.07) is 17.5. The smallest absolute Gasteiger partial charge is 0.122 e. The number of para-hydroxylation sites is 1. The van der Waals surface area contributed by atoms with Crippen LogP contribution in [0, 0.1) is 0 Å². The highest BCUT2D eigenvalue weighted by atomic mass is 35.5. The Morgan fingerprint density at radius 1 is 1.08 bits per heavy atom. The average Bonchev–Trinajstić information content (AvgIpc) is 3.06. The van der Waals surface area contributed by atoms with E-state index in [0.717, 1.165) is 43.4 Å². The molecule has 0 spiro atoms. The van der Waals surface area contributed by atoms with E-state index in [1.54, 1.807) is 12.0 Å². The second-order valence-corrected chi connectivity index (χ2v) is 7.03. The molecule has 4 heteroatoms. The molecule has 2 atom stereocenters. The Hall–Kier alpha value is -1.71. The van der Waals surface area contributed by atoms with Gasteiger partial charge in [0.15, 0.2) is 0 Å². The third-order valence-corrected chi connectivity index (χ3v) is 5.33. The van der Waals surface area contributed by atoms with Crippen molar-refractivity contribution in [1.29, 1.82) is 0 Å². The second kappa shape index (κ2) is 10.4. The number of rotatable bonds is 8. The Kier molecular flexibility index (Phi) is 8.27. The highest BCUT2D eigenvalue weighted by molar-refractivity contribution is 5.35. The van der Waals surface area contributed by atoms with E-state index in [2.05, 4.69) is 49.5 Å². The van der Waals surface area contributed by atoms with Gasteiger partial charge in [-0.2, -0.15) is 0 Å². The minimum absolute atomic E-state index is 0. The van der Waals surface area contributed by atoms with Crippen LogP contribution in [0.3, 0.4) is 0 Å². The van der Waals surface area contributed by atoms with Gasteiger partial charge in [-0.1, -0.05) is 30.3 Å². The number of hydrogen-bond acceptors (Lipinski definition) is 2. The first-order chi connectivity index (χ1) is 12.3. The maximum atomic E-state index is 6.14. The molecule has 3 rings (SSSR count). The minimum atomic E-state index is 0. The normalized spacial score (nSPS) is 19.0. The predicted octanol–water partition coefficient (Wildman–Crippen LogP) is -0.0696. The molecular formula is C22H30ClNO2. The molecular weight excluding hydrogens is 346 g/mol. The number of hydrogen-bond donors (Lipinski definition) is 1. The number of quaternary nitrogens is 1. The van der Waals surface area contributed by atoms with Gasteiger partial charge < -0.3 is 26.8 Å². The summed E-state index contributed by atoms with van der Waals surface area (Å²) < 4.78 is 11.5. The number of benzene rings is 2. The van der Waals surface area contributed by atoms with E-state index >= 15 is 0 Å². The minimum Gasteiger partial charge on any atom is -1.00 e. The van der Waals surface area contributed by atoms with Gasteiger partial charge in [-0.05, 0) is 42.2 Å². The van der Waals surface area contributed by atoms with E-state index in [1.807, 2.05) is 6.07 Å². The highest BCUT2D eigenvalue weighted by Crippen LogP contribution is 2.22. The van der Waals surface area contributed by atoms with Gasteiger partial charge in [0.1, 0.15) is 11.5 Å². The highest BCUT2D eigenvalue weighted by Gasteiger charge is 2.24. The molecule has 1 aliphatic rings. The summed E-state index contributed by atoms with van der Waals surface area (Å²) in [7, 11) is 4.02. The van der Waals surface area contributed by atoms with E-state index < -0.39 is 0 Å². The Bertz CT molecular complexity index is 677. The van der Waals surface area contributed by atoms with Crippen molar-refractivity contribution in [2.45, 2.75) is 38.1 Å². The largest absolute Gasteiger partial charge is 1.00 e. The first kappa shape index (κ1) is 20.6. The summed E-state index contributed by atoms with van der Waals surface area (Å²) in [6.07, 6.45) is 5.82. The lowest BCUT2D eigenvalue weighted by molar-refractivity contribution is -0.892. The van der Waals surface area contributed by atoms with Crippen molar-refractivity contribution in [3.8, 4) is 11.5 Å². The molecule has 1 saturated heterocycles. The number of ether oxygens (including phenoxy) is 2. The summed E-state index contributed by atoms with van der Waals surface area (Å²) in [5.74, 6) is 1.96. The second-order valence-electron chi connectivity index (χ2n) is 7.03. The van der Waals surface area contributed by atoms with Crippen molar-refractivity contribution in [1.82, 2.24) is 0 Å². The molecule has 0 radical (unpaired) electrons. The molecule has 1 heterocycles. The van der Waals surface area contributed by atoms with Crippen LogP contribution in [0.5, 0.6) is 11.5 Å². The van der Waals surface area contributed by atoms with E-state index in [0.29, 0.717) is 0 Å². The lowest BCUT2D eigenvalue weighted by Crippen LogP contribution is -3.10. The maximum Gasteiger partial charge on any atom is 0.122 e. The molecule has 2 aromatic rings. The van der Waals surface area contributed by atoms with Crippen molar-refractivity contribution in [3.63, 3.8) is 0 Å². The summed E-state index contributed by atoms with van der Waals surface area (Å²) >= 11 is 0. The summed E-state index contributed by atoms with van der Waals surface area (Å²) in [4.78, 5) is 1.66. The zero-order valence-electron chi connectivity index (χ0n) is 15.8. The van der Waals surface area contributed by atoms with Crippen LogP contribution in [0.2, 0.25) is 0 Å². The van der Waals surface area contributed by atoms with E-state index in [1.165, 1.54) is 30.5 Å². The van der Waals surface area contributed by atoms with Crippen LogP contribution < -0.4 is 26.8 Å². The molecule has 1 fully saturated rings. The Morgan fingerprint density at radius 3 is 2.69 bits per heavy atom. The van der Waals surface area contributed by atoms with Crippen molar-refractivity contribution < 1.29 is 26.8 Å². The van der Waals surface area contributed by atoms with Gasteiger partial charge in [0.25, 0.3) is 0 Å². The maximum absolute atomic E-state index is 6.14. The van der Waals surface area contributed by atoms with Gasteiger partial charge in [0.05, 0.1) is 33.4 Å². The van der Waals surface area contributed by atoms with Crippen LogP contribution in [0.1, 0.15) is 30.4 Å². The molecule has 3 nitrogen and oxygen atoms in total.